The molecule has 0 amide bonds. The standard InChI is InChI=1S/C19H22ClN5O3/c1-12-13(20)6-4-7-14(12)23-8-5-9-24-15-16(21-18(23)24)22(2)19(27)25(17(15)26)10-11-28-3/h4,6-7H,5,8-11H2,1-3H3. The molecule has 0 bridgehead atoms. The maximum atomic E-state index is 13.1. The average molecular weight is 404 g/mol. The summed E-state index contributed by atoms with van der Waals surface area (Å²) in [6.07, 6.45) is 0.852. The molecular formula is C19H22ClN5O3. The SMILES string of the molecule is COCCn1c(=O)c2c(nc3n2CCCN3c2cccc(Cl)c2C)n(C)c1=O. The maximum Gasteiger partial charge on any atom is 0.332 e. The third kappa shape index (κ3) is 2.75. The zero-order valence-electron chi connectivity index (χ0n) is 16.1. The normalized spacial score (nSPS) is 13.9. The van der Waals surface area contributed by atoms with Crippen LogP contribution in [0, 0.1) is 6.92 Å². The lowest BCUT2D eigenvalue weighted by atomic mass is 10.1. The van der Waals surface area contributed by atoms with Crippen molar-refractivity contribution in [1.29, 1.82) is 0 Å². The summed E-state index contributed by atoms with van der Waals surface area (Å²) in [5.41, 5.74) is 2.02. The quantitative estimate of drug-likeness (QED) is 0.666. The van der Waals surface area contributed by atoms with E-state index in [0.29, 0.717) is 28.7 Å². The Labute approximate surface area is 166 Å². The second-order valence-corrected chi connectivity index (χ2v) is 7.32. The highest BCUT2D eigenvalue weighted by atomic mass is 35.5. The van der Waals surface area contributed by atoms with E-state index >= 15 is 0 Å². The molecule has 0 N–H and O–H groups in total. The van der Waals surface area contributed by atoms with E-state index in [1.165, 1.54) is 9.13 Å². The molecule has 8 nitrogen and oxygen atoms in total. The van der Waals surface area contributed by atoms with Gasteiger partial charge < -0.3 is 14.2 Å². The highest BCUT2D eigenvalue weighted by Gasteiger charge is 2.27. The molecule has 1 aromatic carbocycles. The van der Waals surface area contributed by atoms with Crippen LogP contribution in [0.3, 0.4) is 0 Å². The number of methoxy groups -OCH3 is 1. The Hall–Kier alpha value is -2.58. The summed E-state index contributed by atoms with van der Waals surface area (Å²) in [5, 5.41) is 0.681. The molecule has 9 heteroatoms. The first-order valence-corrected chi connectivity index (χ1v) is 9.55. The topological polar surface area (TPSA) is 74.3 Å². The van der Waals surface area contributed by atoms with E-state index in [9.17, 15) is 9.59 Å². The van der Waals surface area contributed by atoms with Crippen molar-refractivity contribution in [2.75, 3.05) is 25.2 Å². The predicted molar refractivity (Wildman–Crippen MR) is 109 cm³/mol. The van der Waals surface area contributed by atoms with Crippen LogP contribution in [-0.2, 0) is 24.9 Å². The summed E-state index contributed by atoms with van der Waals surface area (Å²) in [6, 6.07) is 5.75. The van der Waals surface area contributed by atoms with Gasteiger partial charge in [0.2, 0.25) is 5.95 Å². The van der Waals surface area contributed by atoms with Gasteiger partial charge in [-0.1, -0.05) is 17.7 Å². The van der Waals surface area contributed by atoms with Crippen LogP contribution in [-0.4, -0.2) is 38.9 Å². The zero-order chi connectivity index (χ0) is 20.0. The number of aromatic nitrogens is 4. The molecule has 0 saturated carbocycles. The van der Waals surface area contributed by atoms with Crippen molar-refractivity contribution in [2.24, 2.45) is 7.05 Å². The van der Waals surface area contributed by atoms with Crippen molar-refractivity contribution < 1.29 is 4.74 Å². The number of anilines is 2. The summed E-state index contributed by atoms with van der Waals surface area (Å²) in [6.45, 7) is 3.88. The summed E-state index contributed by atoms with van der Waals surface area (Å²) >= 11 is 6.31. The van der Waals surface area contributed by atoms with Crippen molar-refractivity contribution in [3.05, 3.63) is 49.6 Å². The van der Waals surface area contributed by atoms with Gasteiger partial charge in [0.1, 0.15) is 0 Å². The van der Waals surface area contributed by atoms with E-state index in [4.69, 9.17) is 16.3 Å². The van der Waals surface area contributed by atoms with Crippen molar-refractivity contribution in [3.63, 3.8) is 0 Å². The summed E-state index contributed by atoms with van der Waals surface area (Å²) < 4.78 is 9.60. The van der Waals surface area contributed by atoms with Gasteiger partial charge in [-0.3, -0.25) is 13.9 Å². The van der Waals surface area contributed by atoms with E-state index in [0.717, 1.165) is 24.2 Å². The fourth-order valence-electron chi connectivity index (χ4n) is 3.76. The van der Waals surface area contributed by atoms with Gasteiger partial charge in [-0.15, -0.1) is 0 Å². The Morgan fingerprint density at radius 2 is 2.04 bits per heavy atom. The smallest absolute Gasteiger partial charge is 0.332 e. The number of hydrogen-bond donors (Lipinski definition) is 0. The summed E-state index contributed by atoms with van der Waals surface area (Å²) in [4.78, 5) is 32.5. The number of hydrogen-bond acceptors (Lipinski definition) is 5. The van der Waals surface area contributed by atoms with Crippen LogP contribution in [0.15, 0.2) is 27.8 Å². The molecule has 3 aromatic rings. The van der Waals surface area contributed by atoms with E-state index in [-0.39, 0.29) is 18.7 Å². The minimum absolute atomic E-state index is 0.204. The number of aryl methyl sites for hydroxylation is 2. The minimum Gasteiger partial charge on any atom is -0.383 e. The highest BCUT2D eigenvalue weighted by Crippen LogP contribution is 2.35. The molecule has 1 aliphatic heterocycles. The van der Waals surface area contributed by atoms with Gasteiger partial charge in [0, 0.05) is 38.0 Å². The molecule has 1 aliphatic rings. The molecule has 4 rings (SSSR count). The van der Waals surface area contributed by atoms with Crippen molar-refractivity contribution in [2.45, 2.75) is 26.4 Å². The lowest BCUT2D eigenvalue weighted by molar-refractivity contribution is 0.184. The third-order valence-corrected chi connectivity index (χ3v) is 5.68. The number of benzene rings is 1. The number of imidazole rings is 1. The average Bonchev–Trinajstić information content (AvgIpc) is 3.08. The number of ether oxygens (including phenoxy) is 1. The minimum atomic E-state index is -0.393. The first-order chi connectivity index (χ1) is 13.5. The zero-order valence-corrected chi connectivity index (χ0v) is 16.9. The summed E-state index contributed by atoms with van der Waals surface area (Å²) in [5.74, 6) is 0.656. The molecule has 0 aliphatic carbocycles. The van der Waals surface area contributed by atoms with Gasteiger partial charge in [0.25, 0.3) is 5.56 Å². The second-order valence-electron chi connectivity index (χ2n) is 6.92. The first-order valence-electron chi connectivity index (χ1n) is 9.17. The molecular weight excluding hydrogens is 382 g/mol. The predicted octanol–water partition coefficient (Wildman–Crippen LogP) is 2.05. The molecule has 0 atom stereocenters. The van der Waals surface area contributed by atoms with Gasteiger partial charge >= 0.3 is 5.69 Å². The van der Waals surface area contributed by atoms with Gasteiger partial charge in [0.05, 0.1) is 13.2 Å². The molecule has 0 unspecified atom stereocenters. The number of nitrogens with zero attached hydrogens (tertiary/aromatic N) is 5. The monoisotopic (exact) mass is 403 g/mol. The van der Waals surface area contributed by atoms with Crippen molar-refractivity contribution in [1.82, 2.24) is 18.7 Å². The number of halogens is 1. The molecule has 2 aromatic heterocycles. The van der Waals surface area contributed by atoms with Gasteiger partial charge in [-0.05, 0) is 31.0 Å². The number of fused-ring (bicyclic) bond motifs is 3. The second kappa shape index (κ2) is 7.10. The molecule has 148 valence electrons. The molecule has 0 saturated heterocycles. The van der Waals surface area contributed by atoms with E-state index in [2.05, 4.69) is 9.88 Å². The third-order valence-electron chi connectivity index (χ3n) is 5.27. The van der Waals surface area contributed by atoms with Crippen LogP contribution in [0.2, 0.25) is 5.02 Å². The van der Waals surface area contributed by atoms with Crippen LogP contribution in [0.5, 0.6) is 0 Å². The van der Waals surface area contributed by atoms with E-state index in [1.54, 1.807) is 14.2 Å². The Balaban J connectivity index is 1.97. The van der Waals surface area contributed by atoms with Crippen LogP contribution in [0.25, 0.3) is 11.2 Å². The lowest BCUT2D eigenvalue weighted by Crippen LogP contribution is -2.40. The van der Waals surface area contributed by atoms with Crippen LogP contribution in [0.4, 0.5) is 11.6 Å². The van der Waals surface area contributed by atoms with Gasteiger partial charge in [-0.2, -0.15) is 4.98 Å². The molecule has 0 spiro atoms. The molecule has 3 heterocycles. The summed E-state index contributed by atoms with van der Waals surface area (Å²) in [7, 11) is 3.18. The first kappa shape index (κ1) is 18.8. The Morgan fingerprint density at radius 3 is 2.79 bits per heavy atom. The number of rotatable bonds is 4. The van der Waals surface area contributed by atoms with Crippen molar-refractivity contribution in [3.8, 4) is 0 Å². The van der Waals surface area contributed by atoms with Crippen LogP contribution < -0.4 is 16.1 Å². The van der Waals surface area contributed by atoms with Gasteiger partial charge in [-0.25, -0.2) is 4.79 Å². The Bertz CT molecular complexity index is 1180. The Kier molecular flexibility index (Phi) is 4.76. The fraction of sp³-hybridized carbons (Fsp3) is 0.421. The van der Waals surface area contributed by atoms with Gasteiger partial charge in [0.15, 0.2) is 11.2 Å². The van der Waals surface area contributed by atoms with Crippen molar-refractivity contribution >= 4 is 34.4 Å². The van der Waals surface area contributed by atoms with E-state index in [1.807, 2.05) is 29.7 Å². The highest BCUT2D eigenvalue weighted by molar-refractivity contribution is 6.31. The molecule has 0 fully saturated rings. The molecule has 28 heavy (non-hydrogen) atoms. The van der Waals surface area contributed by atoms with Crippen LogP contribution in [0.1, 0.15) is 12.0 Å². The Morgan fingerprint density at radius 1 is 1.25 bits per heavy atom. The van der Waals surface area contributed by atoms with Crippen LogP contribution >= 0.6 is 11.6 Å². The maximum absolute atomic E-state index is 13.1. The van der Waals surface area contributed by atoms with E-state index < -0.39 is 5.69 Å². The molecule has 0 radical (unpaired) electrons. The lowest BCUT2D eigenvalue weighted by Gasteiger charge is -2.30. The fourth-order valence-corrected chi connectivity index (χ4v) is 3.93. The largest absolute Gasteiger partial charge is 0.383 e.